The summed E-state index contributed by atoms with van der Waals surface area (Å²) in [6, 6.07) is 13.2. The van der Waals surface area contributed by atoms with Crippen LogP contribution in [-0.4, -0.2) is 12.3 Å². The van der Waals surface area contributed by atoms with Crippen LogP contribution in [0.15, 0.2) is 42.5 Å². The molecule has 0 heterocycles. The van der Waals surface area contributed by atoms with Crippen molar-refractivity contribution in [3.05, 3.63) is 64.2 Å². The van der Waals surface area contributed by atoms with E-state index in [0.29, 0.717) is 10.6 Å². The number of Topliss-reactive ketones (excluding diaryl/α,β-unsaturated/α-hetero) is 1. The van der Waals surface area contributed by atoms with Crippen LogP contribution in [0.3, 0.4) is 0 Å². The summed E-state index contributed by atoms with van der Waals surface area (Å²) in [5.41, 5.74) is 3.70. The lowest BCUT2D eigenvalue weighted by atomic mass is 10.1. The molecule has 1 N–H and O–H groups in total. The molecule has 0 radical (unpaired) electrons. The van der Waals surface area contributed by atoms with E-state index < -0.39 is 0 Å². The maximum atomic E-state index is 12.0. The van der Waals surface area contributed by atoms with Crippen molar-refractivity contribution >= 4 is 23.1 Å². The minimum Gasteiger partial charge on any atom is -0.376 e. The number of benzene rings is 2. The van der Waals surface area contributed by atoms with Crippen LogP contribution in [0.1, 0.15) is 21.5 Å². The molecule has 0 unspecified atom stereocenters. The zero-order valence-corrected chi connectivity index (χ0v) is 11.8. The SMILES string of the molecule is Cc1cc(C)c(NCC(=O)c2ccccc2)c(Cl)c1. The number of halogens is 1. The molecule has 2 nitrogen and oxygen atoms in total. The van der Waals surface area contributed by atoms with Crippen LogP contribution in [0.25, 0.3) is 0 Å². The molecule has 0 bridgehead atoms. The summed E-state index contributed by atoms with van der Waals surface area (Å²) in [6.07, 6.45) is 0. The van der Waals surface area contributed by atoms with Crippen LogP contribution in [-0.2, 0) is 0 Å². The number of carbonyl (C=O) groups excluding carboxylic acids is 1. The Morgan fingerprint density at radius 1 is 1.16 bits per heavy atom. The Balaban J connectivity index is 2.10. The van der Waals surface area contributed by atoms with Gasteiger partial charge in [-0.05, 0) is 31.0 Å². The molecule has 2 aromatic rings. The van der Waals surface area contributed by atoms with Crippen LogP contribution >= 0.6 is 11.6 Å². The monoisotopic (exact) mass is 273 g/mol. The maximum Gasteiger partial charge on any atom is 0.181 e. The van der Waals surface area contributed by atoms with Crippen LogP contribution in [0.4, 0.5) is 5.69 Å². The Bertz CT molecular complexity index is 570. The molecule has 0 atom stereocenters. The number of carbonyl (C=O) groups is 1. The van der Waals surface area contributed by atoms with Gasteiger partial charge in [-0.15, -0.1) is 0 Å². The summed E-state index contributed by atoms with van der Waals surface area (Å²) in [5, 5.41) is 3.78. The van der Waals surface area contributed by atoms with Crippen molar-refractivity contribution < 1.29 is 4.79 Å². The van der Waals surface area contributed by atoms with Gasteiger partial charge in [0.1, 0.15) is 0 Å². The molecule has 3 heteroatoms. The average molecular weight is 274 g/mol. The quantitative estimate of drug-likeness (QED) is 0.844. The van der Waals surface area contributed by atoms with E-state index in [9.17, 15) is 4.79 Å². The Kier molecular flexibility index (Phi) is 4.23. The Morgan fingerprint density at radius 3 is 2.47 bits per heavy atom. The Labute approximate surface area is 118 Å². The van der Waals surface area contributed by atoms with Gasteiger partial charge >= 0.3 is 0 Å². The van der Waals surface area contributed by atoms with E-state index in [1.807, 2.05) is 56.3 Å². The van der Waals surface area contributed by atoms with Crippen LogP contribution in [0.5, 0.6) is 0 Å². The van der Waals surface area contributed by atoms with E-state index in [1.165, 1.54) is 0 Å². The fourth-order valence-corrected chi connectivity index (χ4v) is 2.42. The number of aryl methyl sites for hydroxylation is 2. The molecule has 0 aromatic heterocycles. The molecule has 0 amide bonds. The topological polar surface area (TPSA) is 29.1 Å². The molecule has 0 saturated heterocycles. The van der Waals surface area contributed by atoms with E-state index in [0.717, 1.165) is 16.8 Å². The summed E-state index contributed by atoms with van der Waals surface area (Å²) in [6.45, 7) is 4.22. The molecule has 0 aliphatic heterocycles. The van der Waals surface area contributed by atoms with Gasteiger partial charge in [0.15, 0.2) is 5.78 Å². The summed E-state index contributed by atoms with van der Waals surface area (Å²) < 4.78 is 0. The van der Waals surface area contributed by atoms with Gasteiger partial charge < -0.3 is 5.32 Å². The first-order valence-corrected chi connectivity index (χ1v) is 6.54. The molecule has 0 saturated carbocycles. The number of hydrogen-bond donors (Lipinski definition) is 1. The first kappa shape index (κ1) is 13.6. The third kappa shape index (κ3) is 3.36. The van der Waals surface area contributed by atoms with Gasteiger partial charge in [-0.25, -0.2) is 0 Å². The highest BCUT2D eigenvalue weighted by molar-refractivity contribution is 6.33. The maximum absolute atomic E-state index is 12.0. The molecule has 0 aliphatic carbocycles. The predicted molar refractivity (Wildman–Crippen MR) is 80.2 cm³/mol. The van der Waals surface area contributed by atoms with E-state index in [4.69, 9.17) is 11.6 Å². The van der Waals surface area contributed by atoms with Crippen LogP contribution in [0, 0.1) is 13.8 Å². The highest BCUT2D eigenvalue weighted by atomic mass is 35.5. The second-order valence-corrected chi connectivity index (χ2v) is 4.99. The van der Waals surface area contributed by atoms with Crippen molar-refractivity contribution in [2.24, 2.45) is 0 Å². The van der Waals surface area contributed by atoms with Gasteiger partial charge in [-0.1, -0.05) is 48.0 Å². The van der Waals surface area contributed by atoms with E-state index in [-0.39, 0.29) is 12.3 Å². The summed E-state index contributed by atoms with van der Waals surface area (Å²) in [5.74, 6) is 0.0524. The van der Waals surface area contributed by atoms with Crippen molar-refractivity contribution in [2.75, 3.05) is 11.9 Å². The number of anilines is 1. The first-order chi connectivity index (χ1) is 9.08. The number of ketones is 1. The minimum absolute atomic E-state index is 0.0524. The Hall–Kier alpha value is -1.80. The van der Waals surface area contributed by atoms with Crippen molar-refractivity contribution in [1.29, 1.82) is 0 Å². The van der Waals surface area contributed by atoms with E-state index in [2.05, 4.69) is 5.32 Å². The standard InChI is InChI=1S/C16H16ClNO/c1-11-8-12(2)16(14(17)9-11)18-10-15(19)13-6-4-3-5-7-13/h3-9,18H,10H2,1-2H3. The molecule has 98 valence electrons. The highest BCUT2D eigenvalue weighted by Gasteiger charge is 2.08. The molecule has 19 heavy (non-hydrogen) atoms. The molecule has 0 spiro atoms. The fraction of sp³-hybridized carbons (Fsp3) is 0.188. The van der Waals surface area contributed by atoms with E-state index >= 15 is 0 Å². The normalized spacial score (nSPS) is 10.3. The first-order valence-electron chi connectivity index (χ1n) is 6.17. The fourth-order valence-electron chi connectivity index (χ4n) is 2.03. The van der Waals surface area contributed by atoms with Gasteiger partial charge in [0.2, 0.25) is 0 Å². The Morgan fingerprint density at radius 2 is 1.84 bits per heavy atom. The number of nitrogens with one attached hydrogen (secondary N) is 1. The van der Waals surface area contributed by atoms with Crippen molar-refractivity contribution in [3.63, 3.8) is 0 Å². The summed E-state index contributed by atoms with van der Waals surface area (Å²) >= 11 is 6.19. The van der Waals surface area contributed by atoms with Crippen LogP contribution in [0.2, 0.25) is 5.02 Å². The molecule has 2 aromatic carbocycles. The van der Waals surface area contributed by atoms with Crippen molar-refractivity contribution in [2.45, 2.75) is 13.8 Å². The summed E-state index contributed by atoms with van der Waals surface area (Å²) in [7, 11) is 0. The lowest BCUT2D eigenvalue weighted by molar-refractivity contribution is 0.101. The second kappa shape index (κ2) is 5.89. The minimum atomic E-state index is 0.0524. The smallest absolute Gasteiger partial charge is 0.181 e. The molecular formula is C16H16ClNO. The number of hydrogen-bond acceptors (Lipinski definition) is 2. The number of rotatable bonds is 4. The second-order valence-electron chi connectivity index (χ2n) is 4.58. The summed E-state index contributed by atoms with van der Waals surface area (Å²) in [4.78, 5) is 12.0. The lowest BCUT2D eigenvalue weighted by Crippen LogP contribution is -2.14. The molecule has 0 fully saturated rings. The zero-order valence-electron chi connectivity index (χ0n) is 11.0. The van der Waals surface area contributed by atoms with Gasteiger partial charge in [0.25, 0.3) is 0 Å². The van der Waals surface area contributed by atoms with Crippen LogP contribution < -0.4 is 5.32 Å². The van der Waals surface area contributed by atoms with Gasteiger partial charge in [0.05, 0.1) is 17.3 Å². The third-order valence-corrected chi connectivity index (χ3v) is 3.25. The van der Waals surface area contributed by atoms with Crippen molar-refractivity contribution in [1.82, 2.24) is 0 Å². The van der Waals surface area contributed by atoms with E-state index in [1.54, 1.807) is 0 Å². The zero-order chi connectivity index (χ0) is 13.8. The van der Waals surface area contributed by atoms with Crippen molar-refractivity contribution in [3.8, 4) is 0 Å². The largest absolute Gasteiger partial charge is 0.376 e. The van der Waals surface area contributed by atoms with Gasteiger partial charge in [-0.3, -0.25) is 4.79 Å². The predicted octanol–water partition coefficient (Wildman–Crippen LogP) is 4.25. The third-order valence-electron chi connectivity index (χ3n) is 2.95. The molecule has 0 aliphatic rings. The lowest BCUT2D eigenvalue weighted by Gasteiger charge is -2.12. The average Bonchev–Trinajstić information content (AvgIpc) is 2.38. The molecular weight excluding hydrogens is 258 g/mol. The highest BCUT2D eigenvalue weighted by Crippen LogP contribution is 2.27. The van der Waals surface area contributed by atoms with Gasteiger partial charge in [-0.2, -0.15) is 0 Å². The van der Waals surface area contributed by atoms with Gasteiger partial charge in [0, 0.05) is 5.56 Å². The molecule has 2 rings (SSSR count).